The van der Waals surface area contributed by atoms with E-state index >= 15 is 0 Å². The number of nitrogens with zero attached hydrogens (tertiary/aromatic N) is 1. The van der Waals surface area contributed by atoms with Crippen molar-refractivity contribution in [2.75, 3.05) is 13.6 Å². The molecule has 3 heteroatoms. The predicted molar refractivity (Wildman–Crippen MR) is 84.3 cm³/mol. The van der Waals surface area contributed by atoms with Crippen molar-refractivity contribution in [2.24, 2.45) is 0 Å². The maximum Gasteiger partial charge on any atom is 0.127 e. The summed E-state index contributed by atoms with van der Waals surface area (Å²) in [6, 6.07) is 7.98. The van der Waals surface area contributed by atoms with Gasteiger partial charge in [0.25, 0.3) is 0 Å². The van der Waals surface area contributed by atoms with Crippen molar-refractivity contribution in [3.8, 4) is 0 Å². The van der Waals surface area contributed by atoms with Gasteiger partial charge in [0.2, 0.25) is 0 Å². The van der Waals surface area contributed by atoms with Crippen LogP contribution in [0.5, 0.6) is 0 Å². The molecule has 0 fully saturated rings. The Hall–Kier alpha value is -0.930. The SMILES string of the molecule is CCCC(NCC)C(CC)N(C)Cc1ccccc1F. The van der Waals surface area contributed by atoms with Crippen LogP contribution in [-0.4, -0.2) is 30.6 Å². The normalized spacial score (nSPS) is 14.5. The smallest absolute Gasteiger partial charge is 0.127 e. The van der Waals surface area contributed by atoms with E-state index < -0.39 is 0 Å². The molecule has 0 spiro atoms. The fraction of sp³-hybridized carbons (Fsp3) is 0.647. The number of likely N-dealkylation sites (N-methyl/N-ethyl adjacent to an activating group) is 2. The van der Waals surface area contributed by atoms with Gasteiger partial charge < -0.3 is 5.32 Å². The average Bonchev–Trinajstić information content (AvgIpc) is 2.43. The van der Waals surface area contributed by atoms with Gasteiger partial charge in [-0.1, -0.05) is 45.4 Å². The summed E-state index contributed by atoms with van der Waals surface area (Å²) in [6.45, 7) is 8.22. The highest BCUT2D eigenvalue weighted by Gasteiger charge is 2.23. The van der Waals surface area contributed by atoms with E-state index in [1.807, 2.05) is 12.1 Å². The first-order chi connectivity index (χ1) is 9.63. The van der Waals surface area contributed by atoms with Crippen molar-refractivity contribution in [2.45, 2.75) is 58.7 Å². The van der Waals surface area contributed by atoms with E-state index in [1.165, 1.54) is 12.5 Å². The fourth-order valence-electron chi connectivity index (χ4n) is 2.92. The lowest BCUT2D eigenvalue weighted by Crippen LogP contribution is -2.48. The average molecular weight is 280 g/mol. The van der Waals surface area contributed by atoms with E-state index in [0.717, 1.165) is 24.9 Å². The Morgan fingerprint density at radius 3 is 2.45 bits per heavy atom. The molecule has 0 bridgehead atoms. The summed E-state index contributed by atoms with van der Waals surface area (Å²) in [4.78, 5) is 2.28. The molecular weight excluding hydrogens is 251 g/mol. The molecule has 20 heavy (non-hydrogen) atoms. The summed E-state index contributed by atoms with van der Waals surface area (Å²) in [5.41, 5.74) is 0.778. The standard InChI is InChI=1S/C17H29FN2/c1-5-10-16(19-7-3)17(6-2)20(4)13-14-11-8-9-12-15(14)18/h8-9,11-12,16-17,19H,5-7,10,13H2,1-4H3. The third-order valence-corrected chi connectivity index (χ3v) is 3.89. The Morgan fingerprint density at radius 2 is 1.90 bits per heavy atom. The Labute approximate surface area is 123 Å². The van der Waals surface area contributed by atoms with Crippen LogP contribution in [0.15, 0.2) is 24.3 Å². The maximum absolute atomic E-state index is 13.8. The van der Waals surface area contributed by atoms with E-state index in [-0.39, 0.29) is 5.82 Å². The highest BCUT2D eigenvalue weighted by molar-refractivity contribution is 5.17. The quantitative estimate of drug-likeness (QED) is 0.740. The van der Waals surface area contributed by atoms with Crippen LogP contribution in [0.1, 0.15) is 45.6 Å². The molecule has 0 aliphatic heterocycles. The summed E-state index contributed by atoms with van der Waals surface area (Å²) in [6.07, 6.45) is 3.40. The van der Waals surface area contributed by atoms with Gasteiger partial charge in [-0.25, -0.2) is 4.39 Å². The van der Waals surface area contributed by atoms with Crippen LogP contribution in [0.3, 0.4) is 0 Å². The molecule has 2 unspecified atom stereocenters. The molecule has 2 nitrogen and oxygen atoms in total. The van der Waals surface area contributed by atoms with Gasteiger partial charge in [0.15, 0.2) is 0 Å². The lowest BCUT2D eigenvalue weighted by atomic mass is 9.99. The minimum absolute atomic E-state index is 0.107. The van der Waals surface area contributed by atoms with Gasteiger partial charge in [-0.2, -0.15) is 0 Å². The first kappa shape index (κ1) is 17.1. The Bertz CT molecular complexity index is 375. The van der Waals surface area contributed by atoms with Crippen LogP contribution in [0.25, 0.3) is 0 Å². The third-order valence-electron chi connectivity index (χ3n) is 3.89. The van der Waals surface area contributed by atoms with Gasteiger partial charge in [-0.05, 0) is 32.5 Å². The molecule has 0 amide bonds. The summed E-state index contributed by atoms with van der Waals surface area (Å²) in [7, 11) is 2.10. The van der Waals surface area contributed by atoms with Gasteiger partial charge in [0.05, 0.1) is 0 Å². The van der Waals surface area contributed by atoms with Gasteiger partial charge >= 0.3 is 0 Å². The first-order valence-corrected chi connectivity index (χ1v) is 7.80. The largest absolute Gasteiger partial charge is 0.313 e. The van der Waals surface area contributed by atoms with Crippen molar-refractivity contribution >= 4 is 0 Å². The third kappa shape index (κ3) is 4.88. The highest BCUT2D eigenvalue weighted by atomic mass is 19.1. The Balaban J connectivity index is 2.74. The van der Waals surface area contributed by atoms with Crippen LogP contribution in [0.4, 0.5) is 4.39 Å². The van der Waals surface area contributed by atoms with Crippen molar-refractivity contribution in [1.29, 1.82) is 0 Å². The van der Waals surface area contributed by atoms with E-state index in [4.69, 9.17) is 0 Å². The molecule has 114 valence electrons. The lowest BCUT2D eigenvalue weighted by Gasteiger charge is -2.34. The molecule has 0 aromatic heterocycles. The number of nitrogens with one attached hydrogen (secondary N) is 1. The molecule has 0 aliphatic carbocycles. The lowest BCUT2D eigenvalue weighted by molar-refractivity contribution is 0.171. The van der Waals surface area contributed by atoms with Crippen molar-refractivity contribution in [1.82, 2.24) is 10.2 Å². The number of hydrogen-bond donors (Lipinski definition) is 1. The Morgan fingerprint density at radius 1 is 1.20 bits per heavy atom. The zero-order valence-electron chi connectivity index (χ0n) is 13.3. The Kier molecular flexibility index (Phi) is 7.78. The summed E-state index contributed by atoms with van der Waals surface area (Å²) < 4.78 is 13.8. The molecule has 0 aliphatic rings. The molecule has 0 saturated carbocycles. The molecule has 0 heterocycles. The zero-order chi connectivity index (χ0) is 15.0. The van der Waals surface area contributed by atoms with Crippen molar-refractivity contribution in [3.63, 3.8) is 0 Å². The monoisotopic (exact) mass is 280 g/mol. The molecule has 1 aromatic carbocycles. The van der Waals surface area contributed by atoms with E-state index in [2.05, 4.69) is 38.0 Å². The second-order valence-electron chi connectivity index (χ2n) is 5.43. The molecule has 0 radical (unpaired) electrons. The van der Waals surface area contributed by atoms with Gasteiger partial charge in [0, 0.05) is 24.2 Å². The van der Waals surface area contributed by atoms with E-state index in [9.17, 15) is 4.39 Å². The number of hydrogen-bond acceptors (Lipinski definition) is 2. The number of halogens is 1. The molecule has 2 atom stereocenters. The predicted octanol–water partition coefficient (Wildman–Crippen LogP) is 3.81. The summed E-state index contributed by atoms with van der Waals surface area (Å²) in [5, 5.41) is 3.58. The minimum atomic E-state index is -0.107. The highest BCUT2D eigenvalue weighted by Crippen LogP contribution is 2.16. The van der Waals surface area contributed by atoms with Gasteiger partial charge in [-0.15, -0.1) is 0 Å². The summed E-state index contributed by atoms with van der Waals surface area (Å²) in [5.74, 6) is -0.107. The van der Waals surface area contributed by atoms with Crippen molar-refractivity contribution < 1.29 is 4.39 Å². The molecule has 1 N–H and O–H groups in total. The molecule has 1 aromatic rings. The van der Waals surface area contributed by atoms with E-state index in [1.54, 1.807) is 6.07 Å². The van der Waals surface area contributed by atoms with Crippen molar-refractivity contribution in [3.05, 3.63) is 35.6 Å². The van der Waals surface area contributed by atoms with Crippen LogP contribution < -0.4 is 5.32 Å². The molecule has 0 saturated heterocycles. The minimum Gasteiger partial charge on any atom is -0.313 e. The maximum atomic E-state index is 13.8. The second-order valence-corrected chi connectivity index (χ2v) is 5.43. The van der Waals surface area contributed by atoms with E-state index in [0.29, 0.717) is 18.6 Å². The summed E-state index contributed by atoms with van der Waals surface area (Å²) >= 11 is 0. The zero-order valence-corrected chi connectivity index (χ0v) is 13.3. The van der Waals surface area contributed by atoms with Crippen LogP contribution >= 0.6 is 0 Å². The number of benzene rings is 1. The molecule has 1 rings (SSSR count). The van der Waals surface area contributed by atoms with Crippen LogP contribution in [-0.2, 0) is 6.54 Å². The van der Waals surface area contributed by atoms with Crippen LogP contribution in [0, 0.1) is 5.82 Å². The topological polar surface area (TPSA) is 15.3 Å². The van der Waals surface area contributed by atoms with Gasteiger partial charge in [0.1, 0.15) is 5.82 Å². The number of rotatable bonds is 9. The van der Waals surface area contributed by atoms with Gasteiger partial charge in [-0.3, -0.25) is 4.90 Å². The fourth-order valence-corrected chi connectivity index (χ4v) is 2.92. The second kappa shape index (κ2) is 9.09. The van der Waals surface area contributed by atoms with Crippen LogP contribution in [0.2, 0.25) is 0 Å². The first-order valence-electron chi connectivity index (χ1n) is 7.80. The molecular formula is C17H29FN2.